The molecule has 0 amide bonds. The highest BCUT2D eigenvalue weighted by Crippen LogP contribution is 2.17. The Hall–Kier alpha value is -2.42. The number of aliphatic imine (C=N–C) groups is 1. The Morgan fingerprint density at radius 1 is 1.04 bits per heavy atom. The number of nitrogens with zero attached hydrogens (tertiary/aromatic N) is 1. The molecule has 0 unspecified atom stereocenters. The van der Waals surface area contributed by atoms with Gasteiger partial charge in [-0.15, -0.1) is 0 Å². The van der Waals surface area contributed by atoms with Crippen LogP contribution in [0.2, 0.25) is 0 Å². The van der Waals surface area contributed by atoms with Crippen molar-refractivity contribution in [2.45, 2.75) is 39.0 Å². The first-order valence-electron chi connectivity index (χ1n) is 9.31. The van der Waals surface area contributed by atoms with Gasteiger partial charge in [-0.25, -0.2) is 0 Å². The minimum Gasteiger partial charge on any atom is -0.368 e. The average Bonchev–Trinajstić information content (AvgIpc) is 3.20. The molecule has 0 fully saturated rings. The summed E-state index contributed by atoms with van der Waals surface area (Å²) in [6.07, 6.45) is 6.14. The summed E-state index contributed by atoms with van der Waals surface area (Å²) < 4.78 is 0. The fourth-order valence-electron chi connectivity index (χ4n) is 3.20. The van der Waals surface area contributed by atoms with Crippen LogP contribution in [0.3, 0.4) is 0 Å². The van der Waals surface area contributed by atoms with E-state index in [4.69, 9.17) is 0 Å². The fourth-order valence-corrected chi connectivity index (χ4v) is 3.20. The van der Waals surface area contributed by atoms with Crippen molar-refractivity contribution in [1.82, 2.24) is 5.32 Å². The second-order valence-electron chi connectivity index (χ2n) is 6.54. The monoisotopic (exact) mass is 334 g/mol. The molecule has 0 aromatic heterocycles. The molecule has 0 bridgehead atoms. The van der Waals surface area contributed by atoms with E-state index in [-0.39, 0.29) is 5.78 Å². The number of rotatable bonds is 8. The van der Waals surface area contributed by atoms with Crippen LogP contribution in [0.5, 0.6) is 0 Å². The lowest BCUT2D eigenvalue weighted by atomic mass is 9.96. The summed E-state index contributed by atoms with van der Waals surface area (Å²) in [6.45, 7) is 3.83. The van der Waals surface area contributed by atoms with Crippen LogP contribution in [0.25, 0.3) is 0 Å². The van der Waals surface area contributed by atoms with Crippen LogP contribution >= 0.6 is 0 Å². The molecule has 0 saturated carbocycles. The molecule has 0 atom stereocenters. The molecule has 3 heteroatoms. The summed E-state index contributed by atoms with van der Waals surface area (Å²) in [7, 11) is 0. The molecule has 130 valence electrons. The third-order valence-corrected chi connectivity index (χ3v) is 4.64. The van der Waals surface area contributed by atoms with E-state index in [0.29, 0.717) is 5.56 Å². The Morgan fingerprint density at radius 2 is 1.84 bits per heavy atom. The maximum Gasteiger partial charge on any atom is 0.193 e. The summed E-state index contributed by atoms with van der Waals surface area (Å²) in [6, 6.07) is 15.8. The molecule has 1 N–H and O–H groups in total. The number of benzene rings is 2. The summed E-state index contributed by atoms with van der Waals surface area (Å²) in [4.78, 5) is 17.4. The molecular weight excluding hydrogens is 308 g/mol. The Kier molecular flexibility index (Phi) is 5.99. The zero-order chi connectivity index (χ0) is 17.5. The van der Waals surface area contributed by atoms with E-state index in [9.17, 15) is 4.79 Å². The van der Waals surface area contributed by atoms with Crippen molar-refractivity contribution in [3.63, 3.8) is 0 Å². The van der Waals surface area contributed by atoms with E-state index in [0.717, 1.165) is 36.5 Å². The zero-order valence-electron chi connectivity index (χ0n) is 14.9. The Balaban J connectivity index is 1.73. The predicted molar refractivity (Wildman–Crippen MR) is 104 cm³/mol. The Morgan fingerprint density at radius 3 is 2.56 bits per heavy atom. The topological polar surface area (TPSA) is 41.5 Å². The molecule has 2 aromatic rings. The number of hydrogen-bond acceptors (Lipinski definition) is 3. The highest BCUT2D eigenvalue weighted by Gasteiger charge is 2.18. The molecule has 0 spiro atoms. The van der Waals surface area contributed by atoms with E-state index in [2.05, 4.69) is 29.4 Å². The molecule has 1 aliphatic heterocycles. The van der Waals surface area contributed by atoms with Crippen molar-refractivity contribution in [2.24, 2.45) is 4.99 Å². The molecule has 0 radical (unpaired) electrons. The summed E-state index contributed by atoms with van der Waals surface area (Å²) in [5.41, 5.74) is 3.66. The highest BCUT2D eigenvalue weighted by atomic mass is 16.1. The van der Waals surface area contributed by atoms with Crippen LogP contribution in [0.15, 0.2) is 53.5 Å². The molecule has 25 heavy (non-hydrogen) atoms. The van der Waals surface area contributed by atoms with Crippen LogP contribution in [0.4, 0.5) is 0 Å². The van der Waals surface area contributed by atoms with Gasteiger partial charge in [0.25, 0.3) is 0 Å². The molecule has 0 aliphatic carbocycles. The van der Waals surface area contributed by atoms with Gasteiger partial charge in [0, 0.05) is 23.2 Å². The first-order chi connectivity index (χ1) is 12.3. The first-order valence-corrected chi connectivity index (χ1v) is 9.31. The number of aryl methyl sites for hydroxylation is 1. The number of hydrogen-bond donors (Lipinski definition) is 1. The Labute approximate surface area is 150 Å². The fraction of sp³-hybridized carbons (Fsp3) is 0.364. The van der Waals surface area contributed by atoms with Gasteiger partial charge >= 0.3 is 0 Å². The van der Waals surface area contributed by atoms with Crippen molar-refractivity contribution in [3.05, 3.63) is 70.8 Å². The number of unbranched alkanes of at least 4 members (excludes halogenated alkanes) is 3. The van der Waals surface area contributed by atoms with Crippen molar-refractivity contribution >= 4 is 11.6 Å². The minimum atomic E-state index is 0.0598. The van der Waals surface area contributed by atoms with Crippen LogP contribution in [-0.4, -0.2) is 24.7 Å². The number of carbonyl (C=O) groups excluding carboxylic acids is 1. The third kappa shape index (κ3) is 4.36. The van der Waals surface area contributed by atoms with E-state index in [1.807, 2.05) is 36.4 Å². The largest absolute Gasteiger partial charge is 0.368 e. The van der Waals surface area contributed by atoms with Gasteiger partial charge in [0.05, 0.1) is 6.54 Å². The number of carbonyl (C=O) groups is 1. The quantitative estimate of drug-likeness (QED) is 0.574. The zero-order valence-corrected chi connectivity index (χ0v) is 14.9. The van der Waals surface area contributed by atoms with Crippen molar-refractivity contribution in [2.75, 3.05) is 13.1 Å². The number of amidine groups is 1. The van der Waals surface area contributed by atoms with Crippen molar-refractivity contribution in [1.29, 1.82) is 0 Å². The Bertz CT molecular complexity index is 747. The predicted octanol–water partition coefficient (Wildman–Crippen LogP) is 4.39. The van der Waals surface area contributed by atoms with Gasteiger partial charge in [-0.2, -0.15) is 0 Å². The second kappa shape index (κ2) is 8.61. The smallest absolute Gasteiger partial charge is 0.193 e. The SMILES string of the molecule is CCCCCCc1ccc(C(=O)c2ccccc2C2=NCCN2)cc1. The molecule has 3 nitrogen and oxygen atoms in total. The van der Waals surface area contributed by atoms with Gasteiger partial charge in [-0.3, -0.25) is 9.79 Å². The summed E-state index contributed by atoms with van der Waals surface area (Å²) in [5, 5.41) is 3.26. The lowest BCUT2D eigenvalue weighted by molar-refractivity contribution is 0.103. The maximum atomic E-state index is 13.0. The van der Waals surface area contributed by atoms with Gasteiger partial charge in [-0.1, -0.05) is 74.7 Å². The standard InChI is InChI=1S/C22H26N2O/c1-2-3-4-5-8-17-11-13-18(14-12-17)21(25)19-9-6-7-10-20(19)22-23-15-16-24-22/h6-7,9-14H,2-5,8,15-16H2,1H3,(H,23,24). The van der Waals surface area contributed by atoms with Gasteiger partial charge in [0.15, 0.2) is 5.78 Å². The van der Waals surface area contributed by atoms with Crippen molar-refractivity contribution in [3.8, 4) is 0 Å². The number of ketones is 1. The molecular formula is C22H26N2O. The minimum absolute atomic E-state index is 0.0598. The third-order valence-electron chi connectivity index (χ3n) is 4.64. The van der Waals surface area contributed by atoms with E-state index < -0.39 is 0 Å². The highest BCUT2D eigenvalue weighted by molar-refractivity contribution is 6.16. The molecule has 3 rings (SSSR count). The van der Waals surface area contributed by atoms with E-state index >= 15 is 0 Å². The molecule has 2 aromatic carbocycles. The van der Waals surface area contributed by atoms with Crippen LogP contribution in [0, 0.1) is 0 Å². The van der Waals surface area contributed by atoms with Gasteiger partial charge in [-0.05, 0) is 18.4 Å². The van der Waals surface area contributed by atoms with Gasteiger partial charge in [0.1, 0.15) is 5.84 Å². The van der Waals surface area contributed by atoms with E-state index in [1.54, 1.807) is 0 Å². The molecule has 0 saturated heterocycles. The number of nitrogens with one attached hydrogen (secondary N) is 1. The lowest BCUT2D eigenvalue weighted by Crippen LogP contribution is -2.22. The van der Waals surface area contributed by atoms with Crippen LogP contribution < -0.4 is 5.32 Å². The normalized spacial score (nSPS) is 13.4. The van der Waals surface area contributed by atoms with Crippen LogP contribution in [0.1, 0.15) is 59.7 Å². The lowest BCUT2D eigenvalue weighted by Gasteiger charge is -2.10. The van der Waals surface area contributed by atoms with E-state index in [1.165, 1.54) is 31.2 Å². The van der Waals surface area contributed by atoms with Crippen molar-refractivity contribution < 1.29 is 4.79 Å². The summed E-state index contributed by atoms with van der Waals surface area (Å²) >= 11 is 0. The van der Waals surface area contributed by atoms with Gasteiger partial charge < -0.3 is 5.32 Å². The first kappa shape index (κ1) is 17.4. The van der Waals surface area contributed by atoms with Crippen LogP contribution in [-0.2, 0) is 6.42 Å². The molecule has 1 heterocycles. The second-order valence-corrected chi connectivity index (χ2v) is 6.54. The van der Waals surface area contributed by atoms with Gasteiger partial charge in [0.2, 0.25) is 0 Å². The average molecular weight is 334 g/mol. The molecule has 1 aliphatic rings. The maximum absolute atomic E-state index is 13.0. The summed E-state index contributed by atoms with van der Waals surface area (Å²) in [5.74, 6) is 0.890.